The fourth-order valence-electron chi connectivity index (χ4n) is 2.22. The summed E-state index contributed by atoms with van der Waals surface area (Å²) in [6, 6.07) is 4.41. The highest BCUT2D eigenvalue weighted by molar-refractivity contribution is 5.95. The lowest BCUT2D eigenvalue weighted by Gasteiger charge is -2.32. The zero-order valence-corrected chi connectivity index (χ0v) is 11.2. The van der Waals surface area contributed by atoms with Crippen LogP contribution >= 0.6 is 0 Å². The van der Waals surface area contributed by atoms with Crippen molar-refractivity contribution in [3.05, 3.63) is 39.4 Å². The molecule has 1 aromatic rings. The van der Waals surface area contributed by atoms with E-state index < -0.39 is 4.92 Å². The molecule has 1 atom stereocenters. The Hall–Kier alpha value is -1.99. The first-order chi connectivity index (χ1) is 9.51. The number of benzene rings is 1. The second-order valence-corrected chi connectivity index (χ2v) is 4.79. The maximum atomic E-state index is 12.4. The quantitative estimate of drug-likeness (QED) is 0.648. The van der Waals surface area contributed by atoms with Gasteiger partial charge in [0.05, 0.1) is 17.6 Å². The number of nitrogens with two attached hydrogens (primary N) is 1. The number of hydrogen-bond donors (Lipinski definition) is 1. The Morgan fingerprint density at radius 2 is 2.30 bits per heavy atom. The van der Waals surface area contributed by atoms with Gasteiger partial charge in [-0.2, -0.15) is 0 Å². The van der Waals surface area contributed by atoms with Gasteiger partial charge in [-0.3, -0.25) is 14.9 Å². The average molecular weight is 279 g/mol. The molecule has 108 valence electrons. The second-order valence-electron chi connectivity index (χ2n) is 4.79. The Balaban J connectivity index is 2.22. The molecule has 1 aliphatic rings. The average Bonchev–Trinajstić information content (AvgIpc) is 2.45. The number of carbonyl (C=O) groups is 1. The molecule has 0 aromatic heterocycles. The Kier molecular flexibility index (Phi) is 4.31. The van der Waals surface area contributed by atoms with E-state index in [-0.39, 0.29) is 17.7 Å². The van der Waals surface area contributed by atoms with Crippen LogP contribution < -0.4 is 5.73 Å². The van der Waals surface area contributed by atoms with Crippen LogP contribution in [0, 0.1) is 17.0 Å². The van der Waals surface area contributed by atoms with E-state index in [4.69, 9.17) is 10.5 Å². The van der Waals surface area contributed by atoms with Crippen molar-refractivity contribution in [1.82, 2.24) is 4.90 Å². The Morgan fingerprint density at radius 3 is 2.95 bits per heavy atom. The molecule has 1 heterocycles. The number of aryl methyl sites for hydroxylation is 1. The molecule has 0 radical (unpaired) electrons. The van der Waals surface area contributed by atoms with Gasteiger partial charge in [0.15, 0.2) is 0 Å². The first-order valence-corrected chi connectivity index (χ1v) is 6.38. The van der Waals surface area contributed by atoms with Crippen molar-refractivity contribution >= 4 is 11.6 Å². The van der Waals surface area contributed by atoms with Crippen LogP contribution in [0.1, 0.15) is 15.9 Å². The molecular weight excluding hydrogens is 262 g/mol. The van der Waals surface area contributed by atoms with Gasteiger partial charge >= 0.3 is 0 Å². The zero-order valence-electron chi connectivity index (χ0n) is 11.2. The summed E-state index contributed by atoms with van der Waals surface area (Å²) in [6.07, 6.45) is -0.174. The Bertz CT molecular complexity index is 532. The number of carbonyl (C=O) groups excluding carboxylic acids is 1. The number of nitro groups is 1. The summed E-state index contributed by atoms with van der Waals surface area (Å²) in [4.78, 5) is 24.4. The standard InChI is InChI=1S/C13H17N3O4/c1-9-4-10(6-11(5-9)16(18)19)13(17)15-2-3-20-12(7-14)8-15/h4-6,12H,2-3,7-8,14H2,1H3. The maximum Gasteiger partial charge on any atom is 0.270 e. The predicted molar refractivity (Wildman–Crippen MR) is 72.5 cm³/mol. The van der Waals surface area contributed by atoms with Crippen molar-refractivity contribution in [2.45, 2.75) is 13.0 Å². The van der Waals surface area contributed by atoms with E-state index in [0.29, 0.717) is 37.4 Å². The smallest absolute Gasteiger partial charge is 0.270 e. The first kappa shape index (κ1) is 14.4. The van der Waals surface area contributed by atoms with Crippen LogP contribution in [-0.4, -0.2) is 48.1 Å². The molecule has 1 unspecified atom stereocenters. The molecule has 0 bridgehead atoms. The van der Waals surface area contributed by atoms with Gasteiger partial charge in [-0.1, -0.05) is 0 Å². The molecule has 1 fully saturated rings. The van der Waals surface area contributed by atoms with Gasteiger partial charge in [0.25, 0.3) is 11.6 Å². The SMILES string of the molecule is Cc1cc(C(=O)N2CCOC(CN)C2)cc([N+](=O)[O-])c1. The largest absolute Gasteiger partial charge is 0.373 e. The molecule has 20 heavy (non-hydrogen) atoms. The first-order valence-electron chi connectivity index (χ1n) is 6.38. The minimum absolute atomic E-state index is 0.0722. The summed E-state index contributed by atoms with van der Waals surface area (Å²) >= 11 is 0. The zero-order chi connectivity index (χ0) is 14.7. The van der Waals surface area contributed by atoms with E-state index in [9.17, 15) is 14.9 Å². The number of nitro benzene ring substituents is 1. The van der Waals surface area contributed by atoms with Crippen LogP contribution in [0.4, 0.5) is 5.69 Å². The fourth-order valence-corrected chi connectivity index (χ4v) is 2.22. The van der Waals surface area contributed by atoms with E-state index in [0.717, 1.165) is 0 Å². The predicted octanol–water partition coefficient (Wildman–Crippen LogP) is 0.703. The lowest BCUT2D eigenvalue weighted by atomic mass is 10.1. The van der Waals surface area contributed by atoms with Crippen LogP contribution in [0.15, 0.2) is 18.2 Å². The van der Waals surface area contributed by atoms with Crippen molar-refractivity contribution in [3.63, 3.8) is 0 Å². The van der Waals surface area contributed by atoms with Crippen molar-refractivity contribution in [2.24, 2.45) is 5.73 Å². The van der Waals surface area contributed by atoms with Crippen molar-refractivity contribution in [2.75, 3.05) is 26.2 Å². The molecule has 7 nitrogen and oxygen atoms in total. The number of nitrogens with zero attached hydrogens (tertiary/aromatic N) is 2. The van der Waals surface area contributed by atoms with Crippen LogP contribution in [-0.2, 0) is 4.74 Å². The lowest BCUT2D eigenvalue weighted by molar-refractivity contribution is -0.384. The third kappa shape index (κ3) is 3.12. The summed E-state index contributed by atoms with van der Waals surface area (Å²) < 4.78 is 5.40. The molecule has 0 aliphatic carbocycles. The van der Waals surface area contributed by atoms with Gasteiger partial charge in [0.1, 0.15) is 0 Å². The molecule has 1 aromatic carbocycles. The highest BCUT2D eigenvalue weighted by atomic mass is 16.6. The summed E-state index contributed by atoms with van der Waals surface area (Å²) in [5, 5.41) is 10.8. The summed E-state index contributed by atoms with van der Waals surface area (Å²) in [5.41, 5.74) is 6.48. The number of rotatable bonds is 3. The van der Waals surface area contributed by atoms with E-state index in [2.05, 4.69) is 0 Å². The number of ether oxygens (including phenoxy) is 1. The number of morpholine rings is 1. The highest BCUT2D eigenvalue weighted by Crippen LogP contribution is 2.19. The van der Waals surface area contributed by atoms with E-state index in [1.165, 1.54) is 12.1 Å². The summed E-state index contributed by atoms with van der Waals surface area (Å²) in [6.45, 7) is 3.39. The van der Waals surface area contributed by atoms with Crippen molar-refractivity contribution < 1.29 is 14.5 Å². The maximum absolute atomic E-state index is 12.4. The molecule has 0 saturated carbocycles. The Labute approximate surface area is 116 Å². The molecule has 2 N–H and O–H groups in total. The minimum Gasteiger partial charge on any atom is -0.373 e. The van der Waals surface area contributed by atoms with Crippen LogP contribution in [0.5, 0.6) is 0 Å². The molecule has 1 amide bonds. The summed E-state index contributed by atoms with van der Waals surface area (Å²) in [7, 11) is 0. The minimum atomic E-state index is -0.494. The van der Waals surface area contributed by atoms with Gasteiger partial charge < -0.3 is 15.4 Å². The van der Waals surface area contributed by atoms with E-state index in [1.807, 2.05) is 0 Å². The molecule has 1 aliphatic heterocycles. The second kappa shape index (κ2) is 5.98. The number of hydrogen-bond acceptors (Lipinski definition) is 5. The van der Waals surface area contributed by atoms with Crippen LogP contribution in [0.3, 0.4) is 0 Å². The molecule has 2 rings (SSSR count). The van der Waals surface area contributed by atoms with E-state index >= 15 is 0 Å². The van der Waals surface area contributed by atoms with Crippen molar-refractivity contribution in [3.8, 4) is 0 Å². The lowest BCUT2D eigenvalue weighted by Crippen LogP contribution is -2.48. The molecular formula is C13H17N3O4. The number of amides is 1. The molecule has 0 spiro atoms. The van der Waals surface area contributed by atoms with Crippen LogP contribution in [0.25, 0.3) is 0 Å². The van der Waals surface area contributed by atoms with E-state index in [1.54, 1.807) is 17.9 Å². The third-order valence-corrected chi connectivity index (χ3v) is 3.21. The van der Waals surface area contributed by atoms with Gasteiger partial charge in [-0.05, 0) is 18.6 Å². The van der Waals surface area contributed by atoms with Gasteiger partial charge in [-0.25, -0.2) is 0 Å². The molecule has 7 heteroatoms. The normalized spacial score (nSPS) is 18.9. The monoisotopic (exact) mass is 279 g/mol. The van der Waals surface area contributed by atoms with Gasteiger partial charge in [0, 0.05) is 37.3 Å². The van der Waals surface area contributed by atoms with Gasteiger partial charge in [-0.15, -0.1) is 0 Å². The topological polar surface area (TPSA) is 98.7 Å². The third-order valence-electron chi connectivity index (χ3n) is 3.21. The molecule has 1 saturated heterocycles. The summed E-state index contributed by atoms with van der Waals surface area (Å²) in [5.74, 6) is -0.224. The van der Waals surface area contributed by atoms with Crippen molar-refractivity contribution in [1.29, 1.82) is 0 Å². The van der Waals surface area contributed by atoms with Crippen LogP contribution in [0.2, 0.25) is 0 Å². The number of non-ortho nitro benzene ring substituents is 1. The fraction of sp³-hybridized carbons (Fsp3) is 0.462. The highest BCUT2D eigenvalue weighted by Gasteiger charge is 2.25. The Morgan fingerprint density at radius 1 is 1.55 bits per heavy atom. The van der Waals surface area contributed by atoms with Gasteiger partial charge in [0.2, 0.25) is 0 Å².